The minimum absolute atomic E-state index is 0.0215. The number of likely N-dealkylation sites (tertiary alicyclic amines) is 1. The number of nitrogens with zero attached hydrogens (tertiary/aromatic N) is 8. The van der Waals surface area contributed by atoms with Crippen LogP contribution < -0.4 is 10.6 Å². The smallest absolute Gasteiger partial charge is 0.306 e. The molecule has 16 nitrogen and oxygen atoms in total. The number of aliphatic carboxylic acids is 1. The van der Waals surface area contributed by atoms with Gasteiger partial charge in [-0.1, -0.05) is 69.3 Å². The van der Waals surface area contributed by atoms with Gasteiger partial charge in [0, 0.05) is 34.5 Å². The number of thiophene rings is 1. The molecule has 2 aromatic carbocycles. The van der Waals surface area contributed by atoms with E-state index in [0.29, 0.717) is 28.6 Å². The molecule has 2 aliphatic heterocycles. The van der Waals surface area contributed by atoms with Crippen molar-refractivity contribution in [2.75, 3.05) is 6.54 Å². The molecular weight excluding hydrogens is 865 g/mol. The van der Waals surface area contributed by atoms with Crippen molar-refractivity contribution in [3.05, 3.63) is 117 Å². The lowest BCUT2D eigenvalue weighted by molar-refractivity contribution is -0.142. The van der Waals surface area contributed by atoms with Crippen LogP contribution in [0.15, 0.2) is 71.4 Å². The zero-order valence-electron chi connectivity index (χ0n) is 37.3. The number of thiazole rings is 1. The third kappa shape index (κ3) is 8.97. The number of fused-ring (bicyclic) bond motifs is 3. The number of amides is 3. The van der Waals surface area contributed by atoms with Gasteiger partial charge in [0.25, 0.3) is 5.91 Å². The largest absolute Gasteiger partial charge is 0.481 e. The Kier molecular flexibility index (Phi) is 12.4. The maximum absolute atomic E-state index is 14.4. The molecule has 4 N–H and O–H groups in total. The molecule has 18 heteroatoms. The third-order valence-corrected chi connectivity index (χ3v) is 14.1. The Bertz CT molecular complexity index is 2840. The minimum atomic E-state index is -1.09. The molecule has 65 heavy (non-hydrogen) atoms. The van der Waals surface area contributed by atoms with Gasteiger partial charge in [-0.25, -0.2) is 9.97 Å². The summed E-state index contributed by atoms with van der Waals surface area (Å²) in [6.07, 6.45) is 1.72. The highest BCUT2D eigenvalue weighted by atomic mass is 32.1. The van der Waals surface area contributed by atoms with Gasteiger partial charge in [0.05, 0.1) is 58.4 Å². The molecule has 0 saturated carbocycles. The number of benzene rings is 2. The van der Waals surface area contributed by atoms with E-state index in [0.717, 1.165) is 48.3 Å². The van der Waals surface area contributed by atoms with E-state index in [9.17, 15) is 29.4 Å². The highest BCUT2D eigenvalue weighted by Gasteiger charge is 2.45. The zero-order chi connectivity index (χ0) is 46.5. The zero-order valence-corrected chi connectivity index (χ0v) is 38.9. The van der Waals surface area contributed by atoms with Gasteiger partial charge in [0.15, 0.2) is 5.82 Å². The molecule has 6 aromatic rings. The van der Waals surface area contributed by atoms with E-state index < -0.39 is 53.3 Å². The molecule has 3 amide bonds. The number of β-amino-alcohol motifs (C(OH)–C–C–N with tert-alkyl or cyclic N) is 1. The van der Waals surface area contributed by atoms with Crippen molar-refractivity contribution in [2.45, 2.75) is 98.5 Å². The number of aryl methyl sites for hydroxylation is 3. The number of hydrogen-bond donors (Lipinski definition) is 4. The third-order valence-electron chi connectivity index (χ3n) is 12.0. The molecule has 1 saturated heterocycles. The number of aliphatic hydroxyl groups excluding tert-OH is 1. The number of nitrogens with one attached hydrogen (secondary N) is 2. The molecule has 2 aliphatic rings. The summed E-state index contributed by atoms with van der Waals surface area (Å²) < 4.78 is 1.90. The average molecular weight is 915 g/mol. The fraction of sp³-hybridized carbons (Fsp3) is 0.362. The minimum Gasteiger partial charge on any atom is -0.481 e. The summed E-state index contributed by atoms with van der Waals surface area (Å²) in [5, 5.41) is 36.0. The van der Waals surface area contributed by atoms with Crippen molar-refractivity contribution in [2.24, 2.45) is 10.4 Å². The number of carboxylic acid groups (broad SMARTS) is 1. The number of aliphatic hydroxyl groups is 1. The van der Waals surface area contributed by atoms with Gasteiger partial charge in [-0.3, -0.25) is 33.7 Å². The van der Waals surface area contributed by atoms with Crippen molar-refractivity contribution in [1.82, 2.24) is 45.2 Å². The highest BCUT2D eigenvalue weighted by Crippen LogP contribution is 2.40. The van der Waals surface area contributed by atoms with Crippen molar-refractivity contribution < 1.29 is 29.4 Å². The number of aromatic nitrogens is 6. The maximum atomic E-state index is 14.4. The summed E-state index contributed by atoms with van der Waals surface area (Å²) in [4.78, 5) is 76.0. The predicted octanol–water partition coefficient (Wildman–Crippen LogP) is 6.49. The Balaban J connectivity index is 0.991. The van der Waals surface area contributed by atoms with E-state index >= 15 is 0 Å². The van der Waals surface area contributed by atoms with Crippen molar-refractivity contribution in [3.8, 4) is 26.7 Å². The van der Waals surface area contributed by atoms with E-state index in [1.165, 1.54) is 17.3 Å². The predicted molar refractivity (Wildman–Crippen MR) is 247 cm³/mol. The fourth-order valence-electron chi connectivity index (χ4n) is 8.32. The molecule has 0 spiro atoms. The van der Waals surface area contributed by atoms with E-state index in [1.54, 1.807) is 22.7 Å². The molecule has 1 fully saturated rings. The van der Waals surface area contributed by atoms with E-state index in [-0.39, 0.29) is 31.1 Å². The molecule has 8 rings (SSSR count). The van der Waals surface area contributed by atoms with Crippen LogP contribution in [0.2, 0.25) is 0 Å². The first-order valence-electron chi connectivity index (χ1n) is 21.2. The fourth-order valence-corrected chi connectivity index (χ4v) is 10.3. The topological polar surface area (TPSA) is 218 Å². The first kappa shape index (κ1) is 45.1. The number of aliphatic imine (C=N–C) groups is 1. The second-order valence-electron chi connectivity index (χ2n) is 17.7. The maximum Gasteiger partial charge on any atom is 0.306 e. The molecule has 6 heterocycles. The SMILES string of the molecule is Cc1ncsc1-c1ccc([C@H](C)NC(=O)[C@@H]2C[C@@H](O)CN2C(=O)[C@@H](NC(=O)c2cncc(-c3ccc(C4=N[C@@H](CC(=O)O)c5nnc(C)n5-c5sc(C)c(C)c54)cc3)n2)C(C)(C)C)cc1. The molecule has 4 aromatic heterocycles. The summed E-state index contributed by atoms with van der Waals surface area (Å²) in [7, 11) is 0. The molecular formula is C47H50N10O6S2. The quantitative estimate of drug-likeness (QED) is 0.110. The molecule has 0 radical (unpaired) electrons. The van der Waals surface area contributed by atoms with Crippen LogP contribution in [0.4, 0.5) is 0 Å². The number of hydrogen-bond acceptors (Lipinski definition) is 13. The van der Waals surface area contributed by atoms with Gasteiger partial charge in [-0.15, -0.1) is 32.9 Å². The Labute approximate surface area is 383 Å². The van der Waals surface area contributed by atoms with E-state index in [4.69, 9.17) is 4.99 Å². The van der Waals surface area contributed by atoms with Crippen molar-refractivity contribution in [3.63, 3.8) is 0 Å². The molecule has 0 unspecified atom stereocenters. The lowest BCUT2D eigenvalue weighted by Crippen LogP contribution is -2.58. The molecule has 336 valence electrons. The van der Waals surface area contributed by atoms with Crippen LogP contribution in [-0.4, -0.2) is 99.0 Å². The summed E-state index contributed by atoms with van der Waals surface area (Å²) in [6, 6.07) is 12.1. The summed E-state index contributed by atoms with van der Waals surface area (Å²) >= 11 is 3.14. The molecule has 5 atom stereocenters. The lowest BCUT2D eigenvalue weighted by atomic mass is 9.85. The van der Waals surface area contributed by atoms with Gasteiger partial charge in [-0.2, -0.15) is 0 Å². The summed E-state index contributed by atoms with van der Waals surface area (Å²) in [6.45, 7) is 15.1. The second kappa shape index (κ2) is 17.8. The van der Waals surface area contributed by atoms with Gasteiger partial charge in [0.2, 0.25) is 11.8 Å². The van der Waals surface area contributed by atoms with Gasteiger partial charge in [-0.05, 0) is 56.7 Å². The number of carbonyl (C=O) groups excluding carboxylic acids is 3. The van der Waals surface area contributed by atoms with Gasteiger partial charge < -0.3 is 25.7 Å². The van der Waals surface area contributed by atoms with E-state index in [1.807, 2.05) is 114 Å². The number of carboxylic acids is 1. The van der Waals surface area contributed by atoms with Crippen molar-refractivity contribution >= 4 is 52.1 Å². The van der Waals surface area contributed by atoms with Crippen LogP contribution in [0.1, 0.15) is 108 Å². The molecule has 0 bridgehead atoms. The Morgan fingerprint density at radius 2 is 1.62 bits per heavy atom. The van der Waals surface area contributed by atoms with Crippen LogP contribution in [0.25, 0.3) is 26.7 Å². The summed E-state index contributed by atoms with van der Waals surface area (Å²) in [5.74, 6) is -1.44. The van der Waals surface area contributed by atoms with Gasteiger partial charge in [0.1, 0.15) is 34.6 Å². The van der Waals surface area contributed by atoms with Crippen LogP contribution in [0.5, 0.6) is 0 Å². The second-order valence-corrected chi connectivity index (χ2v) is 19.7. The normalized spacial score (nSPS) is 18.0. The Morgan fingerprint density at radius 1 is 0.923 bits per heavy atom. The average Bonchev–Trinajstić information content (AvgIpc) is 4.04. The highest BCUT2D eigenvalue weighted by molar-refractivity contribution is 7.15. The van der Waals surface area contributed by atoms with Crippen LogP contribution in [-0.2, 0) is 14.4 Å². The first-order valence-corrected chi connectivity index (χ1v) is 22.9. The van der Waals surface area contributed by atoms with E-state index in [2.05, 4.69) is 35.8 Å². The number of rotatable bonds is 11. The number of carbonyl (C=O) groups is 4. The monoisotopic (exact) mass is 914 g/mol. The van der Waals surface area contributed by atoms with Crippen LogP contribution in [0.3, 0.4) is 0 Å². The van der Waals surface area contributed by atoms with Gasteiger partial charge >= 0.3 is 5.97 Å². The lowest BCUT2D eigenvalue weighted by Gasteiger charge is -2.35. The van der Waals surface area contributed by atoms with Crippen molar-refractivity contribution in [1.29, 1.82) is 0 Å². The van der Waals surface area contributed by atoms with Crippen LogP contribution in [0, 0.1) is 33.1 Å². The standard InChI is InChI=1S/C47H50N10O6S2/c1-23-26(4)65-46-38(23)39(52-33(18-37(59)60)42-55-54-27(5)57(42)46)30-13-11-29(12-14-30)34-19-48-20-35(51-34)43(61)53-41(47(6,7)8)45(63)56-21-32(58)17-36(56)44(62)50-24(2)28-9-15-31(16-10-28)40-25(3)49-22-64-40/h9-16,19-20,22,24,32-33,36,41,58H,17-18,21H2,1-8H3,(H,50,62)(H,53,61)(H,59,60)/t24-,32+,33-,36-,41+/m0/s1. The molecule has 0 aliphatic carbocycles. The summed E-state index contributed by atoms with van der Waals surface area (Å²) in [5.41, 5.74) is 8.20. The first-order chi connectivity index (χ1) is 30.9. The Morgan fingerprint density at radius 3 is 2.28 bits per heavy atom. The Hall–Kier alpha value is -6.50. The van der Waals surface area contributed by atoms with Crippen LogP contribution >= 0.6 is 22.7 Å².